The predicted molar refractivity (Wildman–Crippen MR) is 104 cm³/mol. The zero-order valence-electron chi connectivity index (χ0n) is 14.9. The van der Waals surface area contributed by atoms with Crippen LogP contribution in [0.1, 0.15) is 52.5 Å². The van der Waals surface area contributed by atoms with E-state index in [1.807, 2.05) is 41.7 Å². The van der Waals surface area contributed by atoms with E-state index in [4.69, 9.17) is 0 Å². The summed E-state index contributed by atoms with van der Waals surface area (Å²) in [7, 11) is 0. The third-order valence-electron chi connectivity index (χ3n) is 5.62. The van der Waals surface area contributed by atoms with E-state index >= 15 is 0 Å². The Balaban J connectivity index is 1.62. The maximum Gasteiger partial charge on any atom is 0.256 e. The molecule has 4 heteroatoms. The number of quaternary nitrogens is 1. The number of benzene rings is 1. The molecule has 1 atom stereocenters. The second kappa shape index (κ2) is 7.30. The first-order valence-corrected chi connectivity index (χ1v) is 10.4. The first kappa shape index (κ1) is 16.8. The van der Waals surface area contributed by atoms with Crippen LogP contribution >= 0.6 is 11.3 Å². The van der Waals surface area contributed by atoms with Crippen molar-refractivity contribution in [2.75, 3.05) is 18.4 Å². The first-order valence-electron chi connectivity index (χ1n) is 9.54. The van der Waals surface area contributed by atoms with Crippen LogP contribution < -0.4 is 10.2 Å². The van der Waals surface area contributed by atoms with Crippen LogP contribution in [0.15, 0.2) is 30.3 Å². The average molecular weight is 356 g/mol. The molecule has 0 radical (unpaired) electrons. The molecule has 2 N–H and O–H groups in total. The zero-order chi connectivity index (χ0) is 17.2. The summed E-state index contributed by atoms with van der Waals surface area (Å²) in [4.78, 5) is 15.9. The third-order valence-corrected chi connectivity index (χ3v) is 6.83. The maximum absolute atomic E-state index is 12.7. The van der Waals surface area contributed by atoms with Crippen LogP contribution in [0.3, 0.4) is 0 Å². The maximum atomic E-state index is 12.7. The molecule has 1 saturated heterocycles. The van der Waals surface area contributed by atoms with E-state index in [2.05, 4.69) is 12.2 Å². The Morgan fingerprint density at radius 2 is 2.00 bits per heavy atom. The molecule has 2 heterocycles. The molecule has 1 aromatic carbocycles. The van der Waals surface area contributed by atoms with E-state index < -0.39 is 0 Å². The van der Waals surface area contributed by atoms with E-state index in [9.17, 15) is 4.79 Å². The van der Waals surface area contributed by atoms with Crippen LogP contribution in [0.25, 0.3) is 0 Å². The van der Waals surface area contributed by atoms with Crippen LogP contribution in [0.5, 0.6) is 0 Å². The number of carbonyl (C=O) groups is 1. The Bertz CT molecular complexity index is 747. The van der Waals surface area contributed by atoms with Crippen molar-refractivity contribution in [1.82, 2.24) is 0 Å². The Labute approximate surface area is 154 Å². The lowest BCUT2D eigenvalue weighted by Gasteiger charge is -2.20. The quantitative estimate of drug-likeness (QED) is 0.867. The molecule has 25 heavy (non-hydrogen) atoms. The molecule has 2 aromatic rings. The van der Waals surface area contributed by atoms with Gasteiger partial charge in [0.05, 0.1) is 13.1 Å². The fourth-order valence-electron chi connectivity index (χ4n) is 4.17. The number of carbonyl (C=O) groups excluding carboxylic acids is 1. The first-order chi connectivity index (χ1) is 12.2. The topological polar surface area (TPSA) is 33.5 Å². The Morgan fingerprint density at radius 1 is 1.24 bits per heavy atom. The molecule has 1 aromatic heterocycles. The van der Waals surface area contributed by atoms with Gasteiger partial charge >= 0.3 is 0 Å². The van der Waals surface area contributed by atoms with E-state index in [-0.39, 0.29) is 5.91 Å². The minimum Gasteiger partial charge on any atom is -0.331 e. The minimum atomic E-state index is 0.0184. The van der Waals surface area contributed by atoms with Gasteiger partial charge in [0.25, 0.3) is 5.91 Å². The molecule has 0 bridgehead atoms. The van der Waals surface area contributed by atoms with Crippen LogP contribution in [-0.2, 0) is 19.4 Å². The number of nitrogens with one attached hydrogen (secondary N) is 2. The fourth-order valence-corrected chi connectivity index (χ4v) is 5.60. The molecule has 2 aliphatic rings. The highest BCUT2D eigenvalue weighted by Crippen LogP contribution is 2.39. The van der Waals surface area contributed by atoms with Gasteiger partial charge in [-0.15, -0.1) is 11.3 Å². The van der Waals surface area contributed by atoms with Crippen molar-refractivity contribution in [3.63, 3.8) is 0 Å². The lowest BCUT2D eigenvalue weighted by molar-refractivity contribution is -0.901. The van der Waals surface area contributed by atoms with Crippen molar-refractivity contribution < 1.29 is 9.69 Å². The molecular weight excluding hydrogens is 328 g/mol. The van der Waals surface area contributed by atoms with Crippen LogP contribution in [-0.4, -0.2) is 19.0 Å². The van der Waals surface area contributed by atoms with Gasteiger partial charge in [-0.3, -0.25) is 4.79 Å². The van der Waals surface area contributed by atoms with Gasteiger partial charge in [0, 0.05) is 28.8 Å². The van der Waals surface area contributed by atoms with Gasteiger partial charge < -0.3 is 10.2 Å². The smallest absolute Gasteiger partial charge is 0.256 e. The summed E-state index contributed by atoms with van der Waals surface area (Å²) in [6.07, 6.45) is 6.30. The van der Waals surface area contributed by atoms with Gasteiger partial charge in [-0.25, -0.2) is 0 Å². The van der Waals surface area contributed by atoms with Gasteiger partial charge in [-0.1, -0.05) is 25.1 Å². The van der Waals surface area contributed by atoms with Gasteiger partial charge in [0.15, 0.2) is 0 Å². The molecule has 1 aliphatic carbocycles. The lowest BCUT2D eigenvalue weighted by atomic mass is 9.88. The van der Waals surface area contributed by atoms with E-state index in [0.29, 0.717) is 0 Å². The summed E-state index contributed by atoms with van der Waals surface area (Å²) >= 11 is 1.83. The Hall–Kier alpha value is -1.65. The molecule has 132 valence electrons. The second-order valence-electron chi connectivity index (χ2n) is 7.61. The normalized spacial score (nSPS) is 20.4. The number of likely N-dealkylation sites (tertiary alicyclic amines) is 1. The summed E-state index contributed by atoms with van der Waals surface area (Å²) < 4.78 is 0. The molecular formula is C21H27N2OS+. The summed E-state index contributed by atoms with van der Waals surface area (Å²) in [5.74, 6) is 0.778. The zero-order valence-corrected chi connectivity index (χ0v) is 15.8. The van der Waals surface area contributed by atoms with Gasteiger partial charge in [0.2, 0.25) is 0 Å². The predicted octanol–water partition coefficient (Wildman–Crippen LogP) is 3.30. The number of thiophene rings is 1. The van der Waals surface area contributed by atoms with Crippen molar-refractivity contribution in [2.45, 2.75) is 45.6 Å². The molecule has 4 rings (SSSR count). The molecule has 0 saturated carbocycles. The number of fused-ring (bicyclic) bond motifs is 1. The van der Waals surface area contributed by atoms with Crippen molar-refractivity contribution in [3.05, 3.63) is 51.9 Å². The molecule has 3 nitrogen and oxygen atoms in total. The van der Waals surface area contributed by atoms with E-state index in [0.717, 1.165) is 23.0 Å². The van der Waals surface area contributed by atoms with Gasteiger partial charge in [-0.05, 0) is 42.9 Å². The van der Waals surface area contributed by atoms with E-state index in [1.54, 1.807) is 10.5 Å². The number of hydrogen-bond acceptors (Lipinski definition) is 2. The molecule has 1 aliphatic heterocycles. The largest absolute Gasteiger partial charge is 0.331 e. The third kappa shape index (κ3) is 3.65. The SMILES string of the molecule is CC1CCc2c(sc(NC(=O)c3ccccc3)c2C[NH+]2CCCC2)C1. The van der Waals surface area contributed by atoms with E-state index in [1.165, 1.54) is 55.6 Å². The second-order valence-corrected chi connectivity index (χ2v) is 8.72. The number of anilines is 1. The van der Waals surface area contributed by atoms with Crippen molar-refractivity contribution in [2.24, 2.45) is 5.92 Å². The number of amides is 1. The summed E-state index contributed by atoms with van der Waals surface area (Å²) in [6, 6.07) is 9.56. The number of hydrogen-bond donors (Lipinski definition) is 2. The van der Waals surface area contributed by atoms with Crippen molar-refractivity contribution in [1.29, 1.82) is 0 Å². The number of rotatable bonds is 4. The average Bonchev–Trinajstić information content (AvgIpc) is 3.24. The lowest BCUT2D eigenvalue weighted by Crippen LogP contribution is -3.08. The van der Waals surface area contributed by atoms with Crippen LogP contribution in [0.2, 0.25) is 0 Å². The summed E-state index contributed by atoms with van der Waals surface area (Å²) in [5.41, 5.74) is 3.71. The van der Waals surface area contributed by atoms with Crippen LogP contribution in [0.4, 0.5) is 5.00 Å². The molecule has 0 spiro atoms. The Morgan fingerprint density at radius 3 is 2.76 bits per heavy atom. The van der Waals surface area contributed by atoms with Crippen molar-refractivity contribution in [3.8, 4) is 0 Å². The van der Waals surface area contributed by atoms with Crippen LogP contribution in [0, 0.1) is 5.92 Å². The monoisotopic (exact) mass is 355 g/mol. The molecule has 1 fully saturated rings. The standard InChI is InChI=1S/C21H26N2OS/c1-15-9-10-17-18(14-23-11-5-6-12-23)21(25-19(17)13-15)22-20(24)16-7-3-2-4-8-16/h2-4,7-8,15H,5-6,9-14H2,1H3,(H,22,24)/p+1. The van der Waals surface area contributed by atoms with Gasteiger partial charge in [0.1, 0.15) is 11.5 Å². The highest BCUT2D eigenvalue weighted by atomic mass is 32.1. The van der Waals surface area contributed by atoms with Gasteiger partial charge in [-0.2, -0.15) is 0 Å². The highest BCUT2D eigenvalue weighted by Gasteiger charge is 2.28. The molecule has 1 amide bonds. The Kier molecular flexibility index (Phi) is 4.91. The van der Waals surface area contributed by atoms with Crippen molar-refractivity contribution >= 4 is 22.2 Å². The highest BCUT2D eigenvalue weighted by molar-refractivity contribution is 7.16. The molecule has 1 unspecified atom stereocenters. The summed E-state index contributed by atoms with van der Waals surface area (Å²) in [5, 5.41) is 4.34. The summed E-state index contributed by atoms with van der Waals surface area (Å²) in [6.45, 7) is 5.96. The minimum absolute atomic E-state index is 0.0184. The fraction of sp³-hybridized carbons (Fsp3) is 0.476.